The molecule has 0 bridgehead atoms. The summed E-state index contributed by atoms with van der Waals surface area (Å²) in [5.74, 6) is -0.331. The van der Waals surface area contributed by atoms with Crippen LogP contribution in [0.2, 0.25) is 0 Å². The third-order valence-electron chi connectivity index (χ3n) is 4.40. The molecule has 5 nitrogen and oxygen atoms in total. The number of carbonyl (C=O) groups excluding carboxylic acids is 2. The van der Waals surface area contributed by atoms with E-state index < -0.39 is 5.91 Å². The van der Waals surface area contributed by atoms with Crippen molar-refractivity contribution in [1.29, 1.82) is 0 Å². The highest BCUT2D eigenvalue weighted by Gasteiger charge is 2.16. The van der Waals surface area contributed by atoms with Crippen molar-refractivity contribution in [2.45, 2.75) is 20.8 Å². The maximum absolute atomic E-state index is 12.8. The predicted molar refractivity (Wildman–Crippen MR) is 110 cm³/mol. The van der Waals surface area contributed by atoms with Gasteiger partial charge in [-0.25, -0.2) is 0 Å². The highest BCUT2D eigenvalue weighted by atomic mass is 16.3. The smallest absolute Gasteiger partial charge is 0.272 e. The summed E-state index contributed by atoms with van der Waals surface area (Å²) in [4.78, 5) is 25.4. The van der Waals surface area contributed by atoms with Gasteiger partial charge in [-0.05, 0) is 68.3 Å². The fourth-order valence-electron chi connectivity index (χ4n) is 2.59. The van der Waals surface area contributed by atoms with Gasteiger partial charge in [-0.15, -0.1) is 0 Å². The molecule has 142 valence electrons. The maximum Gasteiger partial charge on any atom is 0.272 e. The third kappa shape index (κ3) is 4.76. The van der Waals surface area contributed by atoms with Crippen LogP contribution in [-0.4, -0.2) is 11.8 Å². The van der Waals surface area contributed by atoms with Crippen LogP contribution in [0.15, 0.2) is 71.0 Å². The first-order valence-electron chi connectivity index (χ1n) is 8.94. The molecule has 0 saturated carbocycles. The molecular weight excluding hydrogens is 352 g/mol. The second-order valence-corrected chi connectivity index (χ2v) is 6.65. The molecule has 2 aromatic carbocycles. The minimum absolute atomic E-state index is 0.0961. The molecule has 0 radical (unpaired) electrons. The number of hydrogen-bond acceptors (Lipinski definition) is 3. The summed E-state index contributed by atoms with van der Waals surface area (Å²) in [6.07, 6.45) is 3.01. The van der Waals surface area contributed by atoms with Crippen molar-refractivity contribution in [2.75, 3.05) is 5.32 Å². The summed E-state index contributed by atoms with van der Waals surface area (Å²) in [6.45, 7) is 5.93. The normalized spacial score (nSPS) is 11.2. The maximum atomic E-state index is 12.8. The Kier molecular flexibility index (Phi) is 5.75. The molecule has 3 aromatic rings. The highest BCUT2D eigenvalue weighted by Crippen LogP contribution is 2.16. The summed E-state index contributed by atoms with van der Waals surface area (Å²) in [5.41, 5.74) is 4.47. The van der Waals surface area contributed by atoms with Crippen molar-refractivity contribution in [3.05, 3.63) is 94.6 Å². The molecule has 0 unspecified atom stereocenters. The van der Waals surface area contributed by atoms with Gasteiger partial charge in [0.15, 0.2) is 0 Å². The van der Waals surface area contributed by atoms with Crippen LogP contribution in [0.25, 0.3) is 6.08 Å². The second-order valence-electron chi connectivity index (χ2n) is 6.65. The molecule has 28 heavy (non-hydrogen) atoms. The highest BCUT2D eigenvalue weighted by molar-refractivity contribution is 6.10. The topological polar surface area (TPSA) is 71.3 Å². The largest absolute Gasteiger partial charge is 0.465 e. The predicted octanol–water partition coefficient (Wildman–Crippen LogP) is 4.61. The van der Waals surface area contributed by atoms with E-state index in [1.54, 1.807) is 24.3 Å². The summed E-state index contributed by atoms with van der Waals surface area (Å²) < 4.78 is 5.29. The molecule has 5 heteroatoms. The van der Waals surface area contributed by atoms with Crippen molar-refractivity contribution >= 4 is 23.6 Å². The minimum Gasteiger partial charge on any atom is -0.465 e. The molecule has 2 N–H and O–H groups in total. The number of nitrogens with one attached hydrogen (secondary N) is 2. The van der Waals surface area contributed by atoms with Gasteiger partial charge in [0, 0.05) is 17.3 Å². The van der Waals surface area contributed by atoms with Gasteiger partial charge in [-0.3, -0.25) is 9.59 Å². The van der Waals surface area contributed by atoms with Crippen LogP contribution in [0, 0.1) is 20.8 Å². The Morgan fingerprint density at radius 2 is 1.68 bits per heavy atom. The molecule has 1 heterocycles. The van der Waals surface area contributed by atoms with E-state index in [-0.39, 0.29) is 11.6 Å². The van der Waals surface area contributed by atoms with E-state index in [9.17, 15) is 9.59 Å². The third-order valence-corrected chi connectivity index (χ3v) is 4.40. The zero-order valence-electron chi connectivity index (χ0n) is 16.1. The summed E-state index contributed by atoms with van der Waals surface area (Å²) in [5, 5.41) is 5.51. The number of benzene rings is 2. The zero-order chi connectivity index (χ0) is 20.1. The average Bonchev–Trinajstić information content (AvgIpc) is 3.18. The van der Waals surface area contributed by atoms with Gasteiger partial charge in [-0.2, -0.15) is 0 Å². The van der Waals surface area contributed by atoms with E-state index in [0.29, 0.717) is 17.0 Å². The first-order valence-corrected chi connectivity index (χ1v) is 8.94. The lowest BCUT2D eigenvalue weighted by atomic mass is 10.1. The van der Waals surface area contributed by atoms with Crippen molar-refractivity contribution in [3.63, 3.8) is 0 Å². The van der Waals surface area contributed by atoms with Gasteiger partial charge >= 0.3 is 0 Å². The van der Waals surface area contributed by atoms with Crippen LogP contribution in [-0.2, 0) is 4.79 Å². The minimum atomic E-state index is -0.430. The summed E-state index contributed by atoms with van der Waals surface area (Å²) in [7, 11) is 0. The lowest BCUT2D eigenvalue weighted by Gasteiger charge is -2.12. The SMILES string of the molecule is Cc1ccc(C(=O)NC(=Cc2ccco2)C(=O)Nc2ccc(C)c(C)c2)cc1. The Morgan fingerprint density at radius 1 is 0.929 bits per heavy atom. The Morgan fingerprint density at radius 3 is 2.32 bits per heavy atom. The van der Waals surface area contributed by atoms with Gasteiger partial charge in [-0.1, -0.05) is 23.8 Å². The van der Waals surface area contributed by atoms with Crippen molar-refractivity contribution < 1.29 is 14.0 Å². The quantitative estimate of drug-likeness (QED) is 0.641. The molecule has 0 aliphatic heterocycles. The van der Waals surface area contributed by atoms with E-state index in [0.717, 1.165) is 16.7 Å². The number of amides is 2. The Balaban J connectivity index is 1.84. The first kappa shape index (κ1) is 19.2. The number of furan rings is 1. The Bertz CT molecular complexity index is 1020. The summed E-state index contributed by atoms with van der Waals surface area (Å²) >= 11 is 0. The zero-order valence-corrected chi connectivity index (χ0v) is 16.1. The van der Waals surface area contributed by atoms with Gasteiger partial charge in [0.2, 0.25) is 0 Å². The van der Waals surface area contributed by atoms with Gasteiger partial charge in [0.25, 0.3) is 11.8 Å². The van der Waals surface area contributed by atoms with Crippen molar-refractivity contribution in [1.82, 2.24) is 5.32 Å². The van der Waals surface area contributed by atoms with E-state index in [1.807, 2.05) is 51.1 Å². The van der Waals surface area contributed by atoms with E-state index in [1.165, 1.54) is 12.3 Å². The average molecular weight is 374 g/mol. The van der Waals surface area contributed by atoms with Crippen LogP contribution in [0.3, 0.4) is 0 Å². The molecule has 2 amide bonds. The van der Waals surface area contributed by atoms with Crippen LogP contribution in [0.1, 0.15) is 32.8 Å². The van der Waals surface area contributed by atoms with Crippen LogP contribution >= 0.6 is 0 Å². The van der Waals surface area contributed by atoms with E-state index >= 15 is 0 Å². The second kappa shape index (κ2) is 8.39. The molecule has 0 atom stereocenters. The molecule has 0 aliphatic rings. The standard InChI is InChI=1S/C23H22N2O3/c1-15-6-9-18(10-7-15)22(26)25-21(14-20-5-4-12-28-20)23(27)24-19-11-8-16(2)17(3)13-19/h4-14H,1-3H3,(H,24,27)(H,25,26). The van der Waals surface area contributed by atoms with Gasteiger partial charge < -0.3 is 15.1 Å². The monoisotopic (exact) mass is 374 g/mol. The fourth-order valence-corrected chi connectivity index (χ4v) is 2.59. The van der Waals surface area contributed by atoms with Crippen molar-refractivity contribution in [3.8, 4) is 0 Å². The van der Waals surface area contributed by atoms with Crippen LogP contribution in [0.5, 0.6) is 0 Å². The summed E-state index contributed by atoms with van der Waals surface area (Å²) in [6, 6.07) is 16.2. The lowest BCUT2D eigenvalue weighted by Crippen LogP contribution is -2.30. The Labute approximate surface area is 164 Å². The van der Waals surface area contributed by atoms with Crippen molar-refractivity contribution in [2.24, 2.45) is 0 Å². The molecule has 0 spiro atoms. The van der Waals surface area contributed by atoms with Gasteiger partial charge in [0.05, 0.1) is 6.26 Å². The Hall–Kier alpha value is -3.60. The molecular formula is C23H22N2O3. The number of rotatable bonds is 5. The van der Waals surface area contributed by atoms with Gasteiger partial charge in [0.1, 0.15) is 11.5 Å². The first-order chi connectivity index (χ1) is 13.4. The molecule has 0 aliphatic carbocycles. The molecule has 0 fully saturated rings. The fraction of sp³-hybridized carbons (Fsp3) is 0.130. The molecule has 0 saturated heterocycles. The number of carbonyl (C=O) groups is 2. The van der Waals surface area contributed by atoms with E-state index in [2.05, 4.69) is 10.6 Å². The number of aryl methyl sites for hydroxylation is 3. The molecule has 1 aromatic heterocycles. The van der Waals surface area contributed by atoms with Crippen LogP contribution < -0.4 is 10.6 Å². The lowest BCUT2D eigenvalue weighted by molar-refractivity contribution is -0.113. The molecule has 3 rings (SSSR count). The van der Waals surface area contributed by atoms with Crippen LogP contribution in [0.4, 0.5) is 5.69 Å². The number of anilines is 1. The van der Waals surface area contributed by atoms with E-state index in [4.69, 9.17) is 4.42 Å². The number of hydrogen-bond donors (Lipinski definition) is 2.